The second kappa shape index (κ2) is 12.1. The maximum absolute atomic E-state index is 5.09. The van der Waals surface area contributed by atoms with Crippen LogP contribution in [0.5, 0.6) is 0 Å². The number of thiophene rings is 1. The largest absolute Gasteiger partial charge is 0.309 e. The Morgan fingerprint density at radius 3 is 1.84 bits per heavy atom. The summed E-state index contributed by atoms with van der Waals surface area (Å²) in [5.41, 5.74) is 11.2. The monoisotopic (exact) mass is 669 g/mol. The first-order valence-corrected chi connectivity index (χ1v) is 18.0. The highest BCUT2D eigenvalue weighted by Crippen LogP contribution is 2.41. The van der Waals surface area contributed by atoms with E-state index in [1.165, 1.54) is 53.1 Å². The van der Waals surface area contributed by atoms with Crippen LogP contribution in [0.15, 0.2) is 188 Å². The van der Waals surface area contributed by atoms with E-state index in [1.807, 2.05) is 17.5 Å². The molecule has 0 aliphatic heterocycles. The maximum Gasteiger partial charge on any atom is 0.0703 e. The van der Waals surface area contributed by atoms with Crippen LogP contribution in [0.1, 0.15) is 0 Å². The van der Waals surface area contributed by atoms with E-state index in [1.54, 1.807) is 0 Å². The summed E-state index contributed by atoms with van der Waals surface area (Å²) in [6.45, 7) is 0. The van der Waals surface area contributed by atoms with E-state index in [0.29, 0.717) is 0 Å². The lowest BCUT2D eigenvalue weighted by atomic mass is 10.0. The predicted molar refractivity (Wildman–Crippen MR) is 217 cm³/mol. The number of rotatable bonds is 6. The minimum Gasteiger partial charge on any atom is -0.309 e. The minimum atomic E-state index is 0.941. The van der Waals surface area contributed by atoms with E-state index in [0.717, 1.165) is 34.0 Å². The molecule has 3 heterocycles. The summed E-state index contributed by atoms with van der Waals surface area (Å²) < 4.78 is 4.94. The molecule has 0 aliphatic rings. The van der Waals surface area contributed by atoms with Crippen LogP contribution in [0.2, 0.25) is 0 Å². The minimum absolute atomic E-state index is 0.941. The number of hydrogen-bond acceptors (Lipinski definition) is 3. The smallest absolute Gasteiger partial charge is 0.0703 e. The van der Waals surface area contributed by atoms with Gasteiger partial charge in [-0.3, -0.25) is 4.98 Å². The first kappa shape index (κ1) is 29.4. The molecule has 7 aromatic carbocycles. The van der Waals surface area contributed by atoms with Crippen molar-refractivity contribution in [3.05, 3.63) is 188 Å². The number of fused-ring (bicyclic) bond motifs is 6. The number of para-hydroxylation sites is 2. The lowest BCUT2D eigenvalue weighted by Crippen LogP contribution is -2.10. The van der Waals surface area contributed by atoms with Crippen molar-refractivity contribution in [2.45, 2.75) is 0 Å². The number of pyridine rings is 1. The molecule has 0 spiro atoms. The van der Waals surface area contributed by atoms with Crippen molar-refractivity contribution in [2.24, 2.45) is 0 Å². The highest BCUT2D eigenvalue weighted by Gasteiger charge is 2.17. The van der Waals surface area contributed by atoms with Gasteiger partial charge < -0.3 is 9.47 Å². The quantitative estimate of drug-likeness (QED) is 0.176. The maximum atomic E-state index is 5.09. The lowest BCUT2D eigenvalue weighted by Gasteiger charge is -2.25. The van der Waals surface area contributed by atoms with Gasteiger partial charge in [-0.1, -0.05) is 103 Å². The molecule has 0 bridgehead atoms. The summed E-state index contributed by atoms with van der Waals surface area (Å²) in [6, 6.07) is 65.1. The van der Waals surface area contributed by atoms with E-state index in [9.17, 15) is 0 Å². The highest BCUT2D eigenvalue weighted by atomic mass is 32.1. The Balaban J connectivity index is 1.07. The Kier molecular flexibility index (Phi) is 7.00. The van der Waals surface area contributed by atoms with Crippen molar-refractivity contribution in [3.63, 3.8) is 0 Å². The number of nitrogens with zero attached hydrogens (tertiary/aromatic N) is 3. The van der Waals surface area contributed by atoms with Gasteiger partial charge in [-0.15, -0.1) is 11.3 Å². The van der Waals surface area contributed by atoms with Gasteiger partial charge in [0.1, 0.15) is 0 Å². The summed E-state index contributed by atoms with van der Waals surface area (Å²) in [5.74, 6) is 0. The Morgan fingerprint density at radius 1 is 0.412 bits per heavy atom. The zero-order chi connectivity index (χ0) is 33.7. The van der Waals surface area contributed by atoms with Crippen LogP contribution in [0.4, 0.5) is 17.1 Å². The molecule has 0 atom stereocenters. The van der Waals surface area contributed by atoms with E-state index < -0.39 is 0 Å². The molecule has 51 heavy (non-hydrogen) atoms. The third kappa shape index (κ3) is 5.08. The summed E-state index contributed by atoms with van der Waals surface area (Å²) in [7, 11) is 0. The van der Waals surface area contributed by atoms with Gasteiger partial charge in [0.05, 0.1) is 28.6 Å². The van der Waals surface area contributed by atoms with Crippen LogP contribution in [-0.4, -0.2) is 9.55 Å². The Bertz CT molecular complexity index is 2830. The van der Waals surface area contributed by atoms with Crippen LogP contribution in [0, 0.1) is 0 Å². The molecule has 4 heteroatoms. The van der Waals surface area contributed by atoms with Gasteiger partial charge in [-0.05, 0) is 90.0 Å². The molecule has 0 radical (unpaired) electrons. The summed E-state index contributed by atoms with van der Waals surface area (Å²) in [5, 5.41) is 5.01. The Labute approximate surface area is 299 Å². The average molecular weight is 670 g/mol. The van der Waals surface area contributed by atoms with E-state index in [-0.39, 0.29) is 0 Å². The number of hydrogen-bond donors (Lipinski definition) is 0. The standard InChI is InChI=1S/C47H31N3S/c1-3-11-32(12-4-1)33-19-22-36(23-20-33)49(37-25-28-47-42(30-37)40-16-8-10-18-46(40)51-47)38-24-26-43(48-31-38)34-21-27-45-41(29-34)39-15-7-9-17-44(39)50(45)35-13-5-2-6-14-35/h1-31H. The molecule has 10 rings (SSSR count). The van der Waals surface area contributed by atoms with Crippen LogP contribution in [0.3, 0.4) is 0 Å². The molecule has 0 unspecified atom stereocenters. The fourth-order valence-corrected chi connectivity index (χ4v) is 8.50. The Morgan fingerprint density at radius 2 is 1.04 bits per heavy atom. The van der Waals surface area contributed by atoms with E-state index in [4.69, 9.17) is 4.98 Å². The fraction of sp³-hybridized carbons (Fsp3) is 0. The molecule has 0 amide bonds. The third-order valence-corrected chi connectivity index (χ3v) is 11.0. The molecular weight excluding hydrogens is 639 g/mol. The van der Waals surface area contributed by atoms with Crippen LogP contribution in [-0.2, 0) is 0 Å². The van der Waals surface area contributed by atoms with Gasteiger partial charge >= 0.3 is 0 Å². The normalized spacial score (nSPS) is 11.5. The average Bonchev–Trinajstić information content (AvgIpc) is 3.74. The molecule has 0 fully saturated rings. The van der Waals surface area contributed by atoms with Crippen LogP contribution in [0.25, 0.3) is 70.0 Å². The van der Waals surface area contributed by atoms with Crippen molar-refractivity contribution < 1.29 is 0 Å². The topological polar surface area (TPSA) is 21.1 Å². The van der Waals surface area contributed by atoms with E-state index in [2.05, 4.69) is 191 Å². The second-order valence-electron chi connectivity index (χ2n) is 12.8. The van der Waals surface area contributed by atoms with Crippen molar-refractivity contribution in [1.82, 2.24) is 9.55 Å². The molecule has 3 aromatic heterocycles. The van der Waals surface area contributed by atoms with Gasteiger partial charge in [0.2, 0.25) is 0 Å². The zero-order valence-electron chi connectivity index (χ0n) is 27.6. The molecule has 0 saturated heterocycles. The van der Waals surface area contributed by atoms with Crippen molar-refractivity contribution in [3.8, 4) is 28.1 Å². The molecule has 10 aromatic rings. The third-order valence-electron chi connectivity index (χ3n) is 9.84. The lowest BCUT2D eigenvalue weighted by molar-refractivity contribution is 1.18. The molecule has 3 nitrogen and oxygen atoms in total. The number of aromatic nitrogens is 2. The second-order valence-corrected chi connectivity index (χ2v) is 13.9. The van der Waals surface area contributed by atoms with Gasteiger partial charge in [0.15, 0.2) is 0 Å². The molecule has 240 valence electrons. The number of benzene rings is 7. The van der Waals surface area contributed by atoms with Crippen molar-refractivity contribution in [1.29, 1.82) is 0 Å². The summed E-state index contributed by atoms with van der Waals surface area (Å²) >= 11 is 1.84. The van der Waals surface area contributed by atoms with Crippen molar-refractivity contribution in [2.75, 3.05) is 4.90 Å². The van der Waals surface area contributed by atoms with E-state index >= 15 is 0 Å². The Hall–Kier alpha value is -6.49. The molecule has 0 aliphatic carbocycles. The number of anilines is 3. The molecular formula is C47H31N3S. The first-order valence-electron chi connectivity index (χ1n) is 17.2. The van der Waals surface area contributed by atoms with Gasteiger partial charge in [0.25, 0.3) is 0 Å². The van der Waals surface area contributed by atoms with Gasteiger partial charge in [-0.25, -0.2) is 0 Å². The highest BCUT2D eigenvalue weighted by molar-refractivity contribution is 7.25. The molecule has 0 N–H and O–H groups in total. The summed E-state index contributed by atoms with van der Waals surface area (Å²) in [4.78, 5) is 7.41. The fourth-order valence-electron chi connectivity index (χ4n) is 7.41. The SMILES string of the molecule is c1ccc(-c2ccc(N(c3ccc(-c4ccc5c(c4)c4ccccc4n5-c4ccccc4)nc3)c3ccc4sc5ccccc5c4c3)cc2)cc1. The predicted octanol–water partition coefficient (Wildman–Crippen LogP) is 13.4. The molecule has 0 saturated carbocycles. The first-order chi connectivity index (χ1) is 25.3. The van der Waals surface area contributed by atoms with Crippen molar-refractivity contribution >= 4 is 70.4 Å². The zero-order valence-corrected chi connectivity index (χ0v) is 28.5. The summed E-state index contributed by atoms with van der Waals surface area (Å²) in [6.07, 6.45) is 2.01. The van der Waals surface area contributed by atoms with Gasteiger partial charge in [-0.2, -0.15) is 0 Å². The van der Waals surface area contributed by atoms with Crippen LogP contribution >= 0.6 is 11.3 Å². The van der Waals surface area contributed by atoms with Crippen LogP contribution < -0.4 is 4.90 Å². The van der Waals surface area contributed by atoms with Gasteiger partial charge in [0, 0.05) is 53.6 Å².